The lowest BCUT2D eigenvalue weighted by Gasteiger charge is -2.36. The SMILES string of the molecule is CC[C@@]1(OC(=O)[C@H](Cc2c[nH]c3ccccc23)NC(=S)NC(=O)c2ccc(OC)cc2)C(=O)OCc2c1cc1n(c2=O)Cc2cc3ccccc3nc2-1. The van der Waals surface area contributed by atoms with E-state index in [1.54, 1.807) is 48.0 Å². The molecule has 5 heterocycles. The predicted octanol–water partition coefficient (Wildman–Crippen LogP) is 5.04. The molecule has 3 aromatic heterocycles. The van der Waals surface area contributed by atoms with Crippen LogP contribution < -0.4 is 20.9 Å². The van der Waals surface area contributed by atoms with Crippen LogP contribution >= 0.6 is 12.2 Å². The molecule has 6 aromatic rings. The van der Waals surface area contributed by atoms with Crippen LogP contribution in [-0.2, 0) is 44.2 Å². The van der Waals surface area contributed by atoms with Crippen LogP contribution in [0.4, 0.5) is 0 Å². The van der Waals surface area contributed by atoms with Gasteiger partial charge in [-0.3, -0.25) is 14.9 Å². The van der Waals surface area contributed by atoms with Crippen LogP contribution in [0.5, 0.6) is 5.75 Å². The Morgan fingerprint density at radius 2 is 1.83 bits per heavy atom. The van der Waals surface area contributed by atoms with E-state index in [1.807, 2.05) is 54.6 Å². The first-order chi connectivity index (χ1) is 25.7. The molecule has 0 unspecified atom stereocenters. The summed E-state index contributed by atoms with van der Waals surface area (Å²) in [5, 5.41) is 7.27. The summed E-state index contributed by atoms with van der Waals surface area (Å²) >= 11 is 5.53. The Morgan fingerprint density at radius 1 is 1.06 bits per heavy atom. The summed E-state index contributed by atoms with van der Waals surface area (Å²) in [7, 11) is 1.53. The number of cyclic esters (lactones) is 1. The van der Waals surface area contributed by atoms with E-state index in [1.165, 1.54) is 7.11 Å². The van der Waals surface area contributed by atoms with Gasteiger partial charge in [0.15, 0.2) is 5.11 Å². The topological polar surface area (TPSA) is 154 Å². The molecule has 0 fully saturated rings. The Morgan fingerprint density at radius 3 is 2.62 bits per heavy atom. The van der Waals surface area contributed by atoms with Gasteiger partial charge in [0.2, 0.25) is 5.60 Å². The predicted molar refractivity (Wildman–Crippen MR) is 200 cm³/mol. The van der Waals surface area contributed by atoms with Crippen molar-refractivity contribution in [1.29, 1.82) is 0 Å². The number of para-hydroxylation sites is 2. The smallest absolute Gasteiger partial charge is 0.355 e. The van der Waals surface area contributed by atoms with Crippen LogP contribution in [0.15, 0.2) is 95.9 Å². The molecule has 12 nitrogen and oxygen atoms in total. The molecular weight excluding hydrogens is 695 g/mol. The number of benzene rings is 3. The molecule has 0 spiro atoms. The number of nitrogens with zero attached hydrogens (tertiary/aromatic N) is 2. The van der Waals surface area contributed by atoms with Crippen molar-refractivity contribution in [3.05, 3.63) is 129 Å². The number of H-pyrrole nitrogens is 1. The number of fused-ring (bicyclic) bond motifs is 6. The van der Waals surface area contributed by atoms with Gasteiger partial charge in [-0.1, -0.05) is 43.3 Å². The number of hydrogen-bond acceptors (Lipinski definition) is 9. The first kappa shape index (κ1) is 33.8. The Hall–Kier alpha value is -6.34. The quantitative estimate of drug-likeness (QED) is 0.143. The van der Waals surface area contributed by atoms with Gasteiger partial charge < -0.3 is 29.1 Å². The van der Waals surface area contributed by atoms with Crippen LogP contribution in [0.2, 0.25) is 0 Å². The molecule has 8 rings (SSSR count). The van der Waals surface area contributed by atoms with Gasteiger partial charge in [0, 0.05) is 45.6 Å². The molecule has 1 amide bonds. The number of carbonyl (C=O) groups excluding carboxylic acids is 3. The van der Waals surface area contributed by atoms with Crippen LogP contribution in [-0.4, -0.2) is 50.6 Å². The lowest BCUT2D eigenvalue weighted by atomic mass is 9.85. The molecular formula is C40H33N5O7S. The summed E-state index contributed by atoms with van der Waals surface area (Å²) < 4.78 is 18.6. The zero-order valence-electron chi connectivity index (χ0n) is 28.7. The van der Waals surface area contributed by atoms with Gasteiger partial charge in [0.1, 0.15) is 18.4 Å². The second kappa shape index (κ2) is 13.3. The summed E-state index contributed by atoms with van der Waals surface area (Å²) in [6.45, 7) is 1.73. The fourth-order valence-electron chi connectivity index (χ4n) is 7.15. The molecule has 2 aliphatic heterocycles. The molecule has 0 bridgehead atoms. The highest BCUT2D eigenvalue weighted by atomic mass is 32.1. The van der Waals surface area contributed by atoms with E-state index in [-0.39, 0.29) is 41.2 Å². The maximum Gasteiger partial charge on any atom is 0.355 e. The fourth-order valence-corrected chi connectivity index (χ4v) is 7.39. The van der Waals surface area contributed by atoms with Crippen molar-refractivity contribution >= 4 is 57.0 Å². The lowest BCUT2D eigenvalue weighted by molar-refractivity contribution is -0.190. The molecule has 3 aromatic carbocycles. The zero-order valence-corrected chi connectivity index (χ0v) is 29.5. The van der Waals surface area contributed by atoms with Gasteiger partial charge in [-0.05, 0) is 72.7 Å². The molecule has 0 radical (unpaired) electrons. The first-order valence-electron chi connectivity index (χ1n) is 17.1. The van der Waals surface area contributed by atoms with Crippen molar-refractivity contribution in [2.45, 2.75) is 44.6 Å². The van der Waals surface area contributed by atoms with Crippen LogP contribution in [0, 0.1) is 0 Å². The fraction of sp³-hybridized carbons (Fsp3) is 0.200. The molecule has 2 aliphatic rings. The number of methoxy groups -OCH3 is 1. The van der Waals surface area contributed by atoms with Crippen molar-refractivity contribution in [3.63, 3.8) is 0 Å². The van der Waals surface area contributed by atoms with Gasteiger partial charge in [0.25, 0.3) is 11.5 Å². The molecule has 3 N–H and O–H groups in total. The van der Waals surface area contributed by atoms with E-state index in [4.69, 9.17) is 31.4 Å². The zero-order chi connectivity index (χ0) is 36.9. The monoisotopic (exact) mass is 727 g/mol. The summed E-state index contributed by atoms with van der Waals surface area (Å²) in [6, 6.07) is 24.3. The van der Waals surface area contributed by atoms with Crippen molar-refractivity contribution in [2.75, 3.05) is 7.11 Å². The Bertz CT molecular complexity index is 2540. The van der Waals surface area contributed by atoms with Crippen molar-refractivity contribution in [3.8, 4) is 17.1 Å². The minimum absolute atomic E-state index is 0.0239. The number of amides is 1. The number of hydrogen-bond donors (Lipinski definition) is 3. The lowest BCUT2D eigenvalue weighted by Crippen LogP contribution is -2.53. The van der Waals surface area contributed by atoms with E-state index >= 15 is 0 Å². The summed E-state index contributed by atoms with van der Waals surface area (Å²) in [5.41, 5.74) is 2.89. The molecule has 13 heteroatoms. The van der Waals surface area contributed by atoms with Crippen LogP contribution in [0.25, 0.3) is 33.2 Å². The summed E-state index contributed by atoms with van der Waals surface area (Å²) in [6.07, 6.45) is 1.83. The number of nitrogens with one attached hydrogen (secondary N) is 3. The van der Waals surface area contributed by atoms with Crippen LogP contribution in [0.3, 0.4) is 0 Å². The standard InChI is InChI=1S/C40H33N5O7S/c1-3-40(29-18-33-34-25(16-23-8-4-6-10-30(23)42-34)20-45(33)36(47)28(29)21-51-38(40)49)52-37(48)32(17-24-19-41-31-11-7-5-9-27(24)31)43-39(53)44-35(46)22-12-14-26(50-2)15-13-22/h4-16,18-19,32,41H,3,17,20-21H2,1-2H3,(H2,43,44,46,53)/t32-,40-/m0/s1. The Balaban J connectivity index is 1.14. The third-order valence-corrected chi connectivity index (χ3v) is 10.1. The average molecular weight is 728 g/mol. The van der Waals surface area contributed by atoms with E-state index in [0.717, 1.165) is 32.9 Å². The highest BCUT2D eigenvalue weighted by molar-refractivity contribution is 7.80. The number of esters is 2. The number of ether oxygens (including phenoxy) is 3. The first-order valence-corrected chi connectivity index (χ1v) is 17.5. The van der Waals surface area contributed by atoms with Gasteiger partial charge in [-0.2, -0.15) is 0 Å². The second-order valence-corrected chi connectivity index (χ2v) is 13.4. The Kier molecular flexibility index (Phi) is 8.50. The normalized spacial score (nSPS) is 16.2. The molecule has 0 saturated carbocycles. The number of carbonyl (C=O) groups is 3. The van der Waals surface area contributed by atoms with Crippen molar-refractivity contribution in [1.82, 2.24) is 25.2 Å². The third kappa shape index (κ3) is 5.88. The maximum atomic E-state index is 14.4. The number of thiocarbonyl (C=S) groups is 1. The summed E-state index contributed by atoms with van der Waals surface area (Å²) in [4.78, 5) is 63.5. The minimum atomic E-state index is -1.95. The van der Waals surface area contributed by atoms with Crippen molar-refractivity contribution in [2.24, 2.45) is 0 Å². The summed E-state index contributed by atoms with van der Waals surface area (Å²) in [5.74, 6) is -1.56. The molecule has 0 aliphatic carbocycles. The van der Waals surface area contributed by atoms with Crippen LogP contribution in [0.1, 0.15) is 46.0 Å². The maximum absolute atomic E-state index is 14.4. The van der Waals surface area contributed by atoms with Gasteiger partial charge in [-0.25, -0.2) is 14.6 Å². The second-order valence-electron chi connectivity index (χ2n) is 13.0. The molecule has 266 valence electrons. The molecule has 53 heavy (non-hydrogen) atoms. The Labute approximate surface area is 308 Å². The van der Waals surface area contributed by atoms with Gasteiger partial charge >= 0.3 is 11.9 Å². The number of rotatable bonds is 8. The number of pyridine rings is 2. The van der Waals surface area contributed by atoms with Crippen molar-refractivity contribution < 1.29 is 28.6 Å². The average Bonchev–Trinajstić information content (AvgIpc) is 3.75. The van der Waals surface area contributed by atoms with E-state index in [0.29, 0.717) is 29.2 Å². The number of aromatic amines is 1. The van der Waals surface area contributed by atoms with E-state index in [2.05, 4.69) is 15.6 Å². The number of aromatic nitrogens is 3. The minimum Gasteiger partial charge on any atom is -0.497 e. The van der Waals surface area contributed by atoms with E-state index < -0.39 is 29.5 Å². The highest BCUT2D eigenvalue weighted by Crippen LogP contribution is 2.41. The van der Waals surface area contributed by atoms with E-state index in [9.17, 15) is 19.2 Å². The third-order valence-electron chi connectivity index (χ3n) is 9.93. The molecule has 2 atom stereocenters. The largest absolute Gasteiger partial charge is 0.497 e. The van der Waals surface area contributed by atoms with Gasteiger partial charge in [-0.15, -0.1) is 0 Å². The highest BCUT2D eigenvalue weighted by Gasteiger charge is 2.51. The van der Waals surface area contributed by atoms with Gasteiger partial charge in [0.05, 0.1) is 36.1 Å². The molecule has 0 saturated heterocycles.